The second-order valence-electron chi connectivity index (χ2n) is 5.46. The number of hydrogen-bond donors (Lipinski definition) is 1. The van der Waals surface area contributed by atoms with E-state index in [4.69, 9.17) is 16.3 Å². The Bertz CT molecular complexity index is 1090. The van der Waals surface area contributed by atoms with Crippen LogP contribution >= 0.6 is 22.9 Å². The number of methoxy groups -OCH3 is 1. The molecule has 0 aliphatic carbocycles. The third-order valence-corrected chi connectivity index (χ3v) is 6.87. The van der Waals surface area contributed by atoms with Gasteiger partial charge in [-0.2, -0.15) is 5.10 Å². The lowest BCUT2D eigenvalue weighted by Crippen LogP contribution is -2.31. The van der Waals surface area contributed by atoms with E-state index >= 15 is 0 Å². The molecule has 7 nitrogen and oxygen atoms in total. The van der Waals surface area contributed by atoms with Crippen molar-refractivity contribution in [1.82, 2.24) is 14.5 Å². The number of hydrogen-bond acceptors (Lipinski definition) is 6. The number of thiophene rings is 1. The Morgan fingerprint density at radius 1 is 1.15 bits per heavy atom. The number of halogens is 1. The monoisotopic (exact) mass is 425 g/mol. The van der Waals surface area contributed by atoms with Crippen molar-refractivity contribution < 1.29 is 13.2 Å². The van der Waals surface area contributed by atoms with Gasteiger partial charge in [-0.25, -0.2) is 17.8 Å². The van der Waals surface area contributed by atoms with E-state index < -0.39 is 10.0 Å². The van der Waals surface area contributed by atoms with Crippen molar-refractivity contribution in [3.8, 4) is 17.0 Å². The van der Waals surface area contributed by atoms with Gasteiger partial charge in [0.25, 0.3) is 5.56 Å². The van der Waals surface area contributed by atoms with Crippen LogP contribution in [0.15, 0.2) is 57.5 Å². The molecule has 0 bridgehead atoms. The molecule has 10 heteroatoms. The van der Waals surface area contributed by atoms with E-state index in [1.165, 1.54) is 22.9 Å². The molecule has 2 heterocycles. The average Bonchev–Trinajstić information content (AvgIpc) is 3.11. The van der Waals surface area contributed by atoms with E-state index in [0.29, 0.717) is 10.0 Å². The molecule has 0 saturated heterocycles. The van der Waals surface area contributed by atoms with Crippen LogP contribution in [0.2, 0.25) is 4.34 Å². The fourth-order valence-corrected chi connectivity index (χ4v) is 4.87. The van der Waals surface area contributed by atoms with Crippen LogP contribution in [0.25, 0.3) is 11.3 Å². The fourth-order valence-electron chi connectivity index (χ4n) is 2.32. The maximum atomic E-state index is 12.2. The summed E-state index contributed by atoms with van der Waals surface area (Å²) in [5, 5.41) is 4.30. The van der Waals surface area contributed by atoms with Crippen LogP contribution in [0.5, 0.6) is 5.75 Å². The van der Waals surface area contributed by atoms with Crippen LogP contribution in [-0.4, -0.2) is 31.9 Å². The Labute approximate surface area is 165 Å². The van der Waals surface area contributed by atoms with Gasteiger partial charge in [-0.3, -0.25) is 4.79 Å². The first-order valence-electron chi connectivity index (χ1n) is 7.87. The summed E-state index contributed by atoms with van der Waals surface area (Å²) < 4.78 is 33.7. The van der Waals surface area contributed by atoms with Crippen molar-refractivity contribution in [2.75, 3.05) is 13.7 Å². The van der Waals surface area contributed by atoms with Gasteiger partial charge in [0.15, 0.2) is 0 Å². The highest BCUT2D eigenvalue weighted by Crippen LogP contribution is 2.25. The maximum Gasteiger partial charge on any atom is 0.266 e. The van der Waals surface area contributed by atoms with Crippen LogP contribution in [0.3, 0.4) is 0 Å². The highest BCUT2D eigenvalue weighted by atomic mass is 35.5. The number of ether oxygens (including phenoxy) is 1. The van der Waals surface area contributed by atoms with Crippen molar-refractivity contribution in [3.63, 3.8) is 0 Å². The summed E-state index contributed by atoms with van der Waals surface area (Å²) in [6.07, 6.45) is 0. The normalized spacial score (nSPS) is 11.5. The Morgan fingerprint density at radius 3 is 2.52 bits per heavy atom. The molecule has 0 aliphatic rings. The first-order valence-corrected chi connectivity index (χ1v) is 10.5. The predicted octanol–water partition coefficient (Wildman–Crippen LogP) is 2.61. The Balaban J connectivity index is 1.72. The largest absolute Gasteiger partial charge is 0.497 e. The lowest BCUT2D eigenvalue weighted by molar-refractivity contribution is 0.415. The third kappa shape index (κ3) is 4.75. The van der Waals surface area contributed by atoms with Crippen LogP contribution in [0.1, 0.15) is 0 Å². The molecular formula is C17H16ClN3O4S2. The maximum absolute atomic E-state index is 12.2. The van der Waals surface area contributed by atoms with Crippen LogP contribution in [0, 0.1) is 0 Å². The molecule has 0 amide bonds. The first-order chi connectivity index (χ1) is 12.9. The van der Waals surface area contributed by atoms with Gasteiger partial charge in [0.2, 0.25) is 10.0 Å². The number of nitrogens with zero attached hydrogens (tertiary/aromatic N) is 2. The van der Waals surface area contributed by atoms with Gasteiger partial charge in [-0.05, 0) is 42.5 Å². The van der Waals surface area contributed by atoms with Crippen LogP contribution in [0.4, 0.5) is 0 Å². The molecule has 0 radical (unpaired) electrons. The molecule has 1 N–H and O–H groups in total. The molecule has 0 unspecified atom stereocenters. The fraction of sp³-hybridized carbons (Fsp3) is 0.176. The van der Waals surface area contributed by atoms with Crippen molar-refractivity contribution >= 4 is 33.0 Å². The summed E-state index contributed by atoms with van der Waals surface area (Å²) in [5.74, 6) is 0.718. The highest BCUT2D eigenvalue weighted by molar-refractivity contribution is 7.91. The minimum absolute atomic E-state index is 0.0246. The molecule has 3 rings (SSSR count). The van der Waals surface area contributed by atoms with E-state index in [2.05, 4.69) is 9.82 Å². The summed E-state index contributed by atoms with van der Waals surface area (Å²) in [6, 6.07) is 13.2. The van der Waals surface area contributed by atoms with Crippen LogP contribution in [-0.2, 0) is 16.6 Å². The number of benzene rings is 1. The van der Waals surface area contributed by atoms with Crippen molar-refractivity contribution in [3.05, 3.63) is 63.2 Å². The molecule has 0 spiro atoms. The van der Waals surface area contributed by atoms with Gasteiger partial charge in [0.1, 0.15) is 9.96 Å². The summed E-state index contributed by atoms with van der Waals surface area (Å²) in [7, 11) is -2.08. The molecule has 0 fully saturated rings. The summed E-state index contributed by atoms with van der Waals surface area (Å²) in [4.78, 5) is 12.0. The molecule has 2 aromatic heterocycles. The first kappa shape index (κ1) is 19.6. The second kappa shape index (κ2) is 8.22. The van der Waals surface area contributed by atoms with E-state index in [1.807, 2.05) is 12.1 Å². The lowest BCUT2D eigenvalue weighted by atomic mass is 10.1. The third-order valence-electron chi connectivity index (χ3n) is 3.68. The van der Waals surface area contributed by atoms with E-state index in [0.717, 1.165) is 22.6 Å². The van der Waals surface area contributed by atoms with Gasteiger partial charge in [-0.1, -0.05) is 11.6 Å². The molecule has 0 saturated carbocycles. The molecule has 27 heavy (non-hydrogen) atoms. The highest BCUT2D eigenvalue weighted by Gasteiger charge is 2.16. The van der Waals surface area contributed by atoms with Gasteiger partial charge in [0, 0.05) is 18.2 Å². The quantitative estimate of drug-likeness (QED) is 0.628. The zero-order chi connectivity index (χ0) is 19.4. The molecule has 3 aromatic rings. The zero-order valence-electron chi connectivity index (χ0n) is 14.3. The number of sulfonamides is 1. The molecule has 142 valence electrons. The molecule has 0 atom stereocenters. The Kier molecular flexibility index (Phi) is 5.95. The number of nitrogens with one attached hydrogen (secondary N) is 1. The van der Waals surface area contributed by atoms with Crippen molar-refractivity contribution in [2.24, 2.45) is 0 Å². The average molecular weight is 426 g/mol. The minimum Gasteiger partial charge on any atom is -0.497 e. The van der Waals surface area contributed by atoms with E-state index in [9.17, 15) is 13.2 Å². The van der Waals surface area contributed by atoms with Gasteiger partial charge in [0.05, 0.1) is 23.7 Å². The molecular weight excluding hydrogens is 410 g/mol. The lowest BCUT2D eigenvalue weighted by Gasteiger charge is -2.09. The van der Waals surface area contributed by atoms with Gasteiger partial charge >= 0.3 is 0 Å². The van der Waals surface area contributed by atoms with Crippen molar-refractivity contribution in [1.29, 1.82) is 0 Å². The predicted molar refractivity (Wildman–Crippen MR) is 105 cm³/mol. The second-order valence-corrected chi connectivity index (χ2v) is 9.17. The number of aromatic nitrogens is 2. The molecule has 1 aromatic carbocycles. The Hall–Kier alpha value is -2.20. The smallest absolute Gasteiger partial charge is 0.266 e. The standard InChI is InChI=1S/C17H16ClN3O4S2/c1-25-13-4-2-12(3-5-13)14-6-8-16(22)21(20-14)11-10-19-27(23,24)17-9-7-15(18)26-17/h2-9,19H,10-11H2,1H3. The van der Waals surface area contributed by atoms with Crippen LogP contribution < -0.4 is 15.0 Å². The summed E-state index contributed by atoms with van der Waals surface area (Å²) in [6.45, 7) is 0.123. The number of rotatable bonds is 7. The SMILES string of the molecule is COc1ccc(-c2ccc(=O)n(CCNS(=O)(=O)c3ccc(Cl)s3)n2)cc1. The van der Waals surface area contributed by atoms with E-state index in [-0.39, 0.29) is 22.9 Å². The summed E-state index contributed by atoms with van der Waals surface area (Å²) in [5.41, 5.74) is 1.11. The zero-order valence-corrected chi connectivity index (χ0v) is 16.6. The van der Waals surface area contributed by atoms with Crippen molar-refractivity contribution in [2.45, 2.75) is 10.8 Å². The van der Waals surface area contributed by atoms with Gasteiger partial charge in [-0.15, -0.1) is 11.3 Å². The van der Waals surface area contributed by atoms with Gasteiger partial charge < -0.3 is 4.74 Å². The molecule has 0 aliphatic heterocycles. The minimum atomic E-state index is -3.67. The topological polar surface area (TPSA) is 90.3 Å². The summed E-state index contributed by atoms with van der Waals surface area (Å²) >= 11 is 6.74. The Morgan fingerprint density at radius 2 is 1.89 bits per heavy atom. The van der Waals surface area contributed by atoms with E-state index in [1.54, 1.807) is 25.3 Å².